The number of hydrogen-bond donors (Lipinski definition) is 1. The SMILES string of the molecule is COC(=O)C(C)S(=O)(=O)N1CCNCC1C. The van der Waals surface area contributed by atoms with Crippen molar-refractivity contribution in [3.63, 3.8) is 0 Å². The molecule has 0 aliphatic carbocycles. The minimum Gasteiger partial charge on any atom is -0.468 e. The smallest absolute Gasteiger partial charge is 0.325 e. The molecule has 2 atom stereocenters. The number of ether oxygens (including phenoxy) is 1. The van der Waals surface area contributed by atoms with Gasteiger partial charge < -0.3 is 10.1 Å². The molecule has 0 radical (unpaired) electrons. The first-order valence-electron chi connectivity index (χ1n) is 5.20. The molecule has 1 N–H and O–H groups in total. The Morgan fingerprint density at radius 2 is 2.19 bits per heavy atom. The van der Waals surface area contributed by atoms with Gasteiger partial charge in [-0.25, -0.2) is 8.42 Å². The van der Waals surface area contributed by atoms with Crippen molar-refractivity contribution >= 4 is 16.0 Å². The van der Waals surface area contributed by atoms with E-state index in [4.69, 9.17) is 0 Å². The maximum Gasteiger partial charge on any atom is 0.325 e. The third kappa shape index (κ3) is 2.53. The average Bonchev–Trinajstić information content (AvgIpc) is 2.27. The summed E-state index contributed by atoms with van der Waals surface area (Å²) < 4.78 is 30.0. The van der Waals surface area contributed by atoms with Crippen LogP contribution in [0, 0.1) is 0 Å². The topological polar surface area (TPSA) is 75.7 Å². The van der Waals surface area contributed by atoms with Crippen molar-refractivity contribution in [2.24, 2.45) is 0 Å². The Labute approximate surface area is 96.0 Å². The van der Waals surface area contributed by atoms with Crippen LogP contribution in [0.1, 0.15) is 13.8 Å². The van der Waals surface area contributed by atoms with E-state index in [2.05, 4.69) is 10.1 Å². The number of rotatable bonds is 3. The summed E-state index contributed by atoms with van der Waals surface area (Å²) in [6.45, 7) is 4.78. The van der Waals surface area contributed by atoms with Crippen LogP contribution in [0.5, 0.6) is 0 Å². The number of methoxy groups -OCH3 is 1. The maximum atomic E-state index is 12.1. The second kappa shape index (κ2) is 5.11. The van der Waals surface area contributed by atoms with Crippen LogP contribution in [0.15, 0.2) is 0 Å². The summed E-state index contributed by atoms with van der Waals surface area (Å²) in [6.07, 6.45) is 0. The Balaban J connectivity index is 2.87. The molecule has 2 unspecified atom stereocenters. The second-order valence-electron chi connectivity index (χ2n) is 3.87. The van der Waals surface area contributed by atoms with Gasteiger partial charge in [0.15, 0.2) is 5.25 Å². The van der Waals surface area contributed by atoms with Crippen molar-refractivity contribution in [2.45, 2.75) is 25.1 Å². The van der Waals surface area contributed by atoms with Gasteiger partial charge in [0, 0.05) is 25.7 Å². The van der Waals surface area contributed by atoms with Crippen LogP contribution in [-0.2, 0) is 19.6 Å². The predicted molar refractivity (Wildman–Crippen MR) is 59.4 cm³/mol. The first kappa shape index (κ1) is 13.4. The van der Waals surface area contributed by atoms with Crippen molar-refractivity contribution in [1.29, 1.82) is 0 Å². The zero-order chi connectivity index (χ0) is 12.3. The molecule has 1 aliphatic heterocycles. The fourth-order valence-corrected chi connectivity index (χ4v) is 3.36. The molecule has 0 aromatic rings. The van der Waals surface area contributed by atoms with E-state index in [9.17, 15) is 13.2 Å². The second-order valence-corrected chi connectivity index (χ2v) is 6.08. The quantitative estimate of drug-likeness (QED) is 0.662. The largest absolute Gasteiger partial charge is 0.468 e. The zero-order valence-corrected chi connectivity index (χ0v) is 10.6. The molecular formula is C9H18N2O4S. The van der Waals surface area contributed by atoms with Gasteiger partial charge in [-0.05, 0) is 13.8 Å². The minimum absolute atomic E-state index is 0.133. The lowest BCUT2D eigenvalue weighted by Gasteiger charge is -2.34. The summed E-state index contributed by atoms with van der Waals surface area (Å²) >= 11 is 0. The Hall–Kier alpha value is -0.660. The van der Waals surface area contributed by atoms with E-state index in [1.807, 2.05) is 6.92 Å². The summed E-state index contributed by atoms with van der Waals surface area (Å²) in [7, 11) is -2.41. The van der Waals surface area contributed by atoms with Crippen LogP contribution < -0.4 is 5.32 Å². The number of carbonyl (C=O) groups is 1. The van der Waals surface area contributed by atoms with Gasteiger partial charge in [-0.1, -0.05) is 0 Å². The van der Waals surface area contributed by atoms with Crippen LogP contribution in [0.25, 0.3) is 0 Å². The first-order valence-corrected chi connectivity index (χ1v) is 6.70. The molecular weight excluding hydrogens is 232 g/mol. The van der Waals surface area contributed by atoms with Crippen LogP contribution in [-0.4, -0.2) is 56.7 Å². The molecule has 1 rings (SSSR count). The standard InChI is InChI=1S/C9H18N2O4S/c1-7-6-10-4-5-11(7)16(13,14)8(2)9(12)15-3/h7-8,10H,4-6H2,1-3H3. The molecule has 6 nitrogen and oxygen atoms in total. The zero-order valence-electron chi connectivity index (χ0n) is 9.76. The summed E-state index contributed by atoms with van der Waals surface area (Å²) in [4.78, 5) is 11.3. The van der Waals surface area contributed by atoms with Crippen molar-refractivity contribution in [2.75, 3.05) is 26.7 Å². The van der Waals surface area contributed by atoms with Gasteiger partial charge in [0.25, 0.3) is 0 Å². The molecule has 0 aromatic carbocycles. The van der Waals surface area contributed by atoms with Gasteiger partial charge in [0.1, 0.15) is 0 Å². The first-order chi connectivity index (χ1) is 7.41. The number of hydrogen-bond acceptors (Lipinski definition) is 5. The Kier molecular flexibility index (Phi) is 4.28. The molecule has 7 heteroatoms. The Morgan fingerprint density at radius 3 is 2.69 bits per heavy atom. The molecule has 0 saturated carbocycles. The van der Waals surface area contributed by atoms with Crippen molar-refractivity contribution in [3.05, 3.63) is 0 Å². The third-order valence-corrected chi connectivity index (χ3v) is 5.03. The van der Waals surface area contributed by atoms with Gasteiger partial charge in [0.2, 0.25) is 10.0 Å². The lowest BCUT2D eigenvalue weighted by Crippen LogP contribution is -2.55. The minimum atomic E-state index is -3.60. The maximum absolute atomic E-state index is 12.1. The van der Waals surface area contributed by atoms with E-state index in [0.29, 0.717) is 19.6 Å². The van der Waals surface area contributed by atoms with Gasteiger partial charge in [0.05, 0.1) is 7.11 Å². The number of esters is 1. The van der Waals surface area contributed by atoms with E-state index < -0.39 is 21.2 Å². The van der Waals surface area contributed by atoms with E-state index in [1.165, 1.54) is 18.3 Å². The molecule has 0 spiro atoms. The molecule has 1 heterocycles. The summed E-state index contributed by atoms with van der Waals surface area (Å²) in [5.74, 6) is -0.717. The number of sulfonamides is 1. The Bertz CT molecular complexity index is 355. The monoisotopic (exact) mass is 250 g/mol. The molecule has 1 aliphatic rings. The highest BCUT2D eigenvalue weighted by atomic mass is 32.2. The van der Waals surface area contributed by atoms with E-state index in [-0.39, 0.29) is 6.04 Å². The molecule has 1 saturated heterocycles. The molecule has 0 bridgehead atoms. The van der Waals surface area contributed by atoms with E-state index in [0.717, 1.165) is 0 Å². The fraction of sp³-hybridized carbons (Fsp3) is 0.889. The average molecular weight is 250 g/mol. The number of piperazine rings is 1. The lowest BCUT2D eigenvalue weighted by molar-refractivity contribution is -0.139. The van der Waals surface area contributed by atoms with Crippen molar-refractivity contribution < 1.29 is 17.9 Å². The van der Waals surface area contributed by atoms with Gasteiger partial charge in [-0.3, -0.25) is 4.79 Å². The predicted octanol–water partition coefficient (Wildman–Crippen LogP) is -0.829. The van der Waals surface area contributed by atoms with Crippen LogP contribution >= 0.6 is 0 Å². The third-order valence-electron chi connectivity index (χ3n) is 2.75. The normalized spacial score (nSPS) is 25.1. The number of nitrogens with zero attached hydrogens (tertiary/aromatic N) is 1. The van der Waals surface area contributed by atoms with Crippen LogP contribution in [0.4, 0.5) is 0 Å². The highest BCUT2D eigenvalue weighted by Gasteiger charge is 2.37. The summed E-state index contributed by atoms with van der Waals surface area (Å²) in [6, 6.07) is -0.133. The van der Waals surface area contributed by atoms with Gasteiger partial charge >= 0.3 is 5.97 Å². The van der Waals surface area contributed by atoms with Gasteiger partial charge in [-0.15, -0.1) is 0 Å². The lowest BCUT2D eigenvalue weighted by atomic mass is 10.3. The van der Waals surface area contributed by atoms with E-state index in [1.54, 1.807) is 0 Å². The number of carbonyl (C=O) groups excluding carboxylic acids is 1. The van der Waals surface area contributed by atoms with Crippen LogP contribution in [0.3, 0.4) is 0 Å². The fourth-order valence-electron chi connectivity index (χ4n) is 1.69. The highest BCUT2D eigenvalue weighted by Crippen LogP contribution is 2.15. The molecule has 94 valence electrons. The summed E-state index contributed by atoms with van der Waals surface area (Å²) in [5, 5.41) is 1.96. The molecule has 1 fully saturated rings. The van der Waals surface area contributed by atoms with Crippen molar-refractivity contribution in [3.8, 4) is 0 Å². The molecule has 16 heavy (non-hydrogen) atoms. The number of nitrogens with one attached hydrogen (secondary N) is 1. The van der Waals surface area contributed by atoms with E-state index >= 15 is 0 Å². The molecule has 0 amide bonds. The van der Waals surface area contributed by atoms with Crippen molar-refractivity contribution in [1.82, 2.24) is 9.62 Å². The van der Waals surface area contributed by atoms with Gasteiger partial charge in [-0.2, -0.15) is 4.31 Å². The Morgan fingerprint density at radius 1 is 1.56 bits per heavy atom. The summed E-state index contributed by atoms with van der Waals surface area (Å²) in [5.41, 5.74) is 0. The molecule has 0 aromatic heterocycles. The highest BCUT2D eigenvalue weighted by molar-refractivity contribution is 7.90. The van der Waals surface area contributed by atoms with Crippen LogP contribution in [0.2, 0.25) is 0 Å².